The first-order chi connectivity index (χ1) is 29.0. The molecule has 550 valence electrons. The predicted molar refractivity (Wildman–Crippen MR) is 311 cm³/mol. The third-order valence-corrected chi connectivity index (χ3v) is 25.2. The van der Waals surface area contributed by atoms with E-state index in [1.807, 2.05) is 166 Å². The average Bonchev–Trinajstić information content (AvgIpc) is 2.90. The molecule has 0 radical (unpaired) electrons. The topological polar surface area (TPSA) is 111 Å². The van der Waals surface area contributed by atoms with Gasteiger partial charge in [0.2, 0.25) is 0 Å². The summed E-state index contributed by atoms with van der Waals surface area (Å²) in [6.07, 6.45) is 2.38. The molecular weight excluding hydrogens is 2920 g/mol. The molecule has 0 amide bonds. The Kier molecular flexibility index (Phi) is 168. The summed E-state index contributed by atoms with van der Waals surface area (Å²) in [5, 5.41) is 0. The summed E-state index contributed by atoms with van der Waals surface area (Å²) in [6, 6.07) is 0. The van der Waals surface area contributed by atoms with E-state index in [2.05, 4.69) is 184 Å². The third-order valence-electron chi connectivity index (χ3n) is 4.08. The van der Waals surface area contributed by atoms with Crippen molar-refractivity contribution >= 4 is 229 Å². The van der Waals surface area contributed by atoms with Gasteiger partial charge in [-0.25, -0.2) is 0 Å². The minimum absolute atomic E-state index is 0. The van der Waals surface area contributed by atoms with E-state index in [1.165, 1.54) is 0 Å². The first kappa shape index (κ1) is 155. The van der Waals surface area contributed by atoms with Crippen LogP contribution in [0.5, 0.6) is 0 Å². The first-order valence-electron chi connectivity index (χ1n) is 21.1. The Morgan fingerprint density at radius 1 is 0.185 bits per heavy atom. The summed E-state index contributed by atoms with van der Waals surface area (Å²) in [7, 11) is 0. The molecule has 0 N–H and O–H groups in total. The van der Waals surface area contributed by atoms with Gasteiger partial charge < -0.3 is 89.0 Å². The Balaban J connectivity index is -0.0000000271. The zero-order valence-electron chi connectivity index (χ0n) is 48.3. The van der Waals surface area contributed by atoms with Crippen molar-refractivity contribution < 1.29 is 314 Å². The van der Waals surface area contributed by atoms with Gasteiger partial charge in [0.25, 0.3) is 0 Å². The summed E-state index contributed by atoms with van der Waals surface area (Å²) in [4.78, 5) is 0. The molecule has 0 atom stereocenters. The van der Waals surface area contributed by atoms with Crippen molar-refractivity contribution in [3.05, 3.63) is 0 Å². The van der Waals surface area contributed by atoms with Gasteiger partial charge in [-0.05, 0) is 0 Å². The second-order valence-corrected chi connectivity index (χ2v) is 81.8. The van der Waals surface area contributed by atoms with E-state index in [-0.39, 0.29) is 350 Å². The van der Waals surface area contributed by atoms with Gasteiger partial charge in [0.05, 0.1) is 0 Å². The first-order valence-corrected chi connectivity index (χ1v) is 57.4. The molecule has 45 heteroatoms. The zero-order chi connectivity index (χ0) is 54.4. The number of halogens is 3. The molecule has 0 rings (SSSR count). The van der Waals surface area contributed by atoms with Crippen LogP contribution in [-0.2, 0) is 242 Å². The van der Waals surface area contributed by atoms with Crippen LogP contribution in [0.2, 0.25) is 0 Å². The molecule has 0 aliphatic heterocycles. The maximum absolute atomic E-state index is 5.53. The fraction of sp³-hybridized carbons (Fsp3) is 1.00. The van der Waals surface area contributed by atoms with Crippen LogP contribution in [-0.4, -0.2) is 274 Å². The van der Waals surface area contributed by atoms with Crippen molar-refractivity contribution in [3.8, 4) is 0 Å². The Hall–Kier alpha value is 16.8. The Labute approximate surface area is 767 Å². The second-order valence-electron chi connectivity index (χ2n) is 16.5. The van der Waals surface area contributed by atoms with Gasteiger partial charge in [-0.15, -0.1) is 0 Å². The van der Waals surface area contributed by atoms with Gasteiger partial charge in [-0.3, -0.25) is 0 Å². The molecule has 0 fully saturated rings. The largest absolute Gasteiger partial charge is 2.00 e. The maximum Gasteiger partial charge on any atom is 1.00 e. The molecule has 12 nitrogen and oxygen atoms in total. The fourth-order valence-corrected chi connectivity index (χ4v) is 35.7. The van der Waals surface area contributed by atoms with Gasteiger partial charge in [0, 0.05) is 0 Å². The van der Waals surface area contributed by atoms with E-state index in [0.29, 0.717) is 0 Å². The predicted octanol–water partition coefficient (Wildman–Crippen LogP) is 1.71. The minimum atomic E-state index is -1.80. The normalized spacial score (nSPS) is 10.6. The van der Waals surface area contributed by atoms with Crippen LogP contribution in [0.4, 0.5) is 0 Å². The summed E-state index contributed by atoms with van der Waals surface area (Å²) in [5.41, 5.74) is 0. The summed E-state index contributed by atoms with van der Waals surface area (Å²) >= 11 is 35.1. The summed E-state index contributed by atoms with van der Waals surface area (Å²) < 4.78 is 55.5. The van der Waals surface area contributed by atoms with E-state index in [0.717, 1.165) is 0 Å². The van der Waals surface area contributed by atoms with Gasteiger partial charge >= 0.3 is 693 Å². The smallest absolute Gasteiger partial charge is 1.00 e. The minimum Gasteiger partial charge on any atom is -2.00 e. The zero-order valence-corrected chi connectivity index (χ0v) is 92.7. The number of rotatable bonds is 24. The maximum atomic E-state index is 5.53. The van der Waals surface area contributed by atoms with Gasteiger partial charge in [0.15, 0.2) is 0 Å². The molecule has 0 aromatic heterocycles. The quantitative estimate of drug-likeness (QED) is 0.0799. The molecule has 0 aliphatic carbocycles. The summed E-state index contributed by atoms with van der Waals surface area (Å²) in [5.74, 6) is 0. The number of hydrogen-bond donors (Lipinski definition) is 0. The number of hydrogen-bond acceptors (Lipinski definition) is 12. The molecule has 0 saturated carbocycles. The Morgan fingerprint density at radius 3 is 0.247 bits per heavy atom. The van der Waals surface area contributed by atoms with Crippen LogP contribution in [0.3, 0.4) is 0 Å². The molecule has 0 aliphatic rings. The van der Waals surface area contributed by atoms with E-state index >= 15 is 0 Å². The van der Waals surface area contributed by atoms with Crippen LogP contribution in [0.1, 0.15) is 166 Å². The fourth-order valence-electron chi connectivity index (χ4n) is 3.25. The Morgan fingerprint density at radius 2 is 0.222 bits per heavy atom. The SMILES string of the molecule is CC(C)OP(=[Se])([Se-])OC(C)C.CC(C)OP(=[Se])([Se-])OC(C)C.CC(C)OP(=[Se])([Se-])OC(C)C.CC(C)OP(=[Se])([Se-])OC(C)C.CC(C)OP(=[Se])([Se-])OC(C)C.CC(C)OP(=[Se])([Se-])OC(C)C.[Cu+].[Cu+].[Cu+].[Cu+].[Cu+].[Cu+].[Cu+].[Cu+].[Cu+].[Cu+].[Cu+].[I-].[I-].[I-].[Se-2]. The van der Waals surface area contributed by atoms with Crippen LogP contribution in [0.25, 0.3) is 0 Å². The standard InChI is InChI=1S/6C6H15O2PSe2.11Cu.3HI.Se/c6*1-5(2)7-9(10,11)8-6(3)4;;;;;;;;;;;;;;;/h6*5-6H,1-4H3,(H,10,11);;;;;;;;;;;;3*1H;/q;;;;;;11*+1;;;;-2/p-9. The van der Waals surface area contributed by atoms with Gasteiger partial charge in [-0.2, -0.15) is 0 Å². The molecule has 0 spiro atoms. The van der Waals surface area contributed by atoms with Gasteiger partial charge in [0.1, 0.15) is 0 Å². The molecule has 0 saturated heterocycles. The molecule has 81 heavy (non-hydrogen) atoms. The molecule has 0 aromatic rings. The van der Waals surface area contributed by atoms with Gasteiger partial charge in [-0.1, -0.05) is 0 Å². The van der Waals surface area contributed by atoms with Crippen molar-refractivity contribution in [2.45, 2.75) is 239 Å². The second kappa shape index (κ2) is 87.4. The van der Waals surface area contributed by atoms with Crippen LogP contribution >= 0.6 is 27.9 Å². The molecular formula is C36H84Cu11I3O12P6Se13. The third kappa shape index (κ3) is 147. The van der Waals surface area contributed by atoms with Crippen molar-refractivity contribution in [1.82, 2.24) is 0 Å². The molecule has 0 aromatic carbocycles. The van der Waals surface area contributed by atoms with Crippen molar-refractivity contribution in [1.29, 1.82) is 0 Å². The van der Waals surface area contributed by atoms with Crippen LogP contribution < -0.4 is 71.9 Å². The monoisotopic (exact) mass is 3010 g/mol. The van der Waals surface area contributed by atoms with Crippen molar-refractivity contribution in [2.75, 3.05) is 0 Å². The van der Waals surface area contributed by atoms with Crippen LogP contribution in [0, 0.1) is 0 Å². The average molecular weight is 3000 g/mol. The van der Waals surface area contributed by atoms with Crippen LogP contribution in [0.15, 0.2) is 0 Å². The Bertz CT molecular complexity index is 1210. The molecule has 0 heterocycles. The van der Waals surface area contributed by atoms with E-state index in [4.69, 9.17) is 54.3 Å². The molecule has 0 bridgehead atoms. The van der Waals surface area contributed by atoms with E-state index in [9.17, 15) is 0 Å². The van der Waals surface area contributed by atoms with E-state index < -0.39 is 27.9 Å². The summed E-state index contributed by atoms with van der Waals surface area (Å²) in [6.45, 7) is 47.8. The van der Waals surface area contributed by atoms with E-state index in [1.54, 1.807) is 0 Å². The molecule has 0 unspecified atom stereocenters. The van der Waals surface area contributed by atoms with Crippen molar-refractivity contribution in [3.63, 3.8) is 0 Å². The van der Waals surface area contributed by atoms with Crippen molar-refractivity contribution in [2.24, 2.45) is 0 Å².